The van der Waals surface area contributed by atoms with Crippen LogP contribution in [0.1, 0.15) is 52.1 Å². The summed E-state index contributed by atoms with van der Waals surface area (Å²) in [6, 6.07) is 9.72. The van der Waals surface area contributed by atoms with Gasteiger partial charge in [0, 0.05) is 48.0 Å². The first-order chi connectivity index (χ1) is 15.1. The van der Waals surface area contributed by atoms with E-state index in [2.05, 4.69) is 21.4 Å². The highest BCUT2D eigenvalue weighted by molar-refractivity contribution is 5.98. The van der Waals surface area contributed by atoms with Gasteiger partial charge in [-0.2, -0.15) is 0 Å². The molecule has 6 heteroatoms. The van der Waals surface area contributed by atoms with Crippen LogP contribution in [0.2, 0.25) is 0 Å². The maximum absolute atomic E-state index is 12.8. The van der Waals surface area contributed by atoms with E-state index < -0.39 is 0 Å². The molecule has 1 aliphatic carbocycles. The number of H-pyrrole nitrogens is 1. The number of carbonyl (C=O) groups is 2. The largest absolute Gasteiger partial charge is 0.351 e. The van der Waals surface area contributed by atoms with Crippen LogP contribution in [0, 0.1) is 6.92 Å². The number of nitrogens with zero attached hydrogens (tertiary/aromatic N) is 2. The Bertz CT molecular complexity index is 1170. The third-order valence-corrected chi connectivity index (χ3v) is 6.40. The van der Waals surface area contributed by atoms with Gasteiger partial charge in [-0.1, -0.05) is 24.3 Å². The molecule has 1 aromatic carbocycles. The van der Waals surface area contributed by atoms with E-state index in [1.165, 1.54) is 5.56 Å². The first-order valence-corrected chi connectivity index (χ1v) is 10.9. The third-order valence-electron chi connectivity index (χ3n) is 6.40. The third kappa shape index (κ3) is 3.74. The number of rotatable bonds is 4. The molecule has 2 N–H and O–H groups in total. The second kappa shape index (κ2) is 8.02. The molecule has 0 atom stereocenters. The van der Waals surface area contributed by atoms with E-state index in [1.807, 2.05) is 48.4 Å². The molecule has 3 aromatic rings. The number of nitrogens with one attached hydrogen (secondary N) is 2. The Hall–Kier alpha value is -3.41. The molecule has 3 heterocycles. The van der Waals surface area contributed by atoms with Crippen molar-refractivity contribution < 1.29 is 9.59 Å². The van der Waals surface area contributed by atoms with E-state index in [9.17, 15) is 9.59 Å². The van der Waals surface area contributed by atoms with Crippen LogP contribution < -0.4 is 5.32 Å². The highest BCUT2D eigenvalue weighted by Crippen LogP contribution is 2.27. The number of para-hydroxylation sites is 1. The Balaban J connectivity index is 1.32. The van der Waals surface area contributed by atoms with Crippen molar-refractivity contribution in [1.29, 1.82) is 0 Å². The lowest BCUT2D eigenvalue weighted by atomic mass is 9.94. The number of allylic oxidation sites excluding steroid dienone is 1. The summed E-state index contributed by atoms with van der Waals surface area (Å²) in [4.78, 5) is 35.2. The minimum atomic E-state index is -0.131. The van der Waals surface area contributed by atoms with Crippen molar-refractivity contribution in [2.45, 2.75) is 45.7 Å². The zero-order valence-corrected chi connectivity index (χ0v) is 17.7. The Kier molecular flexibility index (Phi) is 5.06. The summed E-state index contributed by atoms with van der Waals surface area (Å²) in [6.07, 6.45) is 7.72. The maximum Gasteiger partial charge on any atom is 0.267 e. The number of aromatic nitrogens is 2. The normalized spacial score (nSPS) is 15.6. The van der Waals surface area contributed by atoms with Gasteiger partial charge < -0.3 is 15.2 Å². The number of hydrogen-bond donors (Lipinski definition) is 2. The molecule has 6 nitrogen and oxygen atoms in total. The van der Waals surface area contributed by atoms with Gasteiger partial charge in [-0.25, -0.2) is 0 Å². The van der Waals surface area contributed by atoms with Crippen LogP contribution in [0.25, 0.3) is 10.9 Å². The lowest BCUT2D eigenvalue weighted by Crippen LogP contribution is -2.37. The van der Waals surface area contributed by atoms with Crippen LogP contribution in [0.5, 0.6) is 0 Å². The van der Waals surface area contributed by atoms with Gasteiger partial charge >= 0.3 is 0 Å². The molecule has 5 rings (SSSR count). The van der Waals surface area contributed by atoms with Crippen molar-refractivity contribution in [3.05, 3.63) is 76.3 Å². The fourth-order valence-corrected chi connectivity index (χ4v) is 4.66. The molecule has 0 bridgehead atoms. The SMILES string of the molecule is Cc1ncc2c(c1CNC(=O)c1cc3ccccc3[nH]1)CCN(C(=O)C1=CCCC1)C2. The topological polar surface area (TPSA) is 78.1 Å². The van der Waals surface area contributed by atoms with Crippen molar-refractivity contribution in [3.63, 3.8) is 0 Å². The van der Waals surface area contributed by atoms with Crippen molar-refractivity contribution in [2.75, 3.05) is 6.54 Å². The van der Waals surface area contributed by atoms with Crippen molar-refractivity contribution in [3.8, 4) is 0 Å². The van der Waals surface area contributed by atoms with Crippen molar-refractivity contribution in [1.82, 2.24) is 20.2 Å². The number of pyridine rings is 1. The van der Waals surface area contributed by atoms with Crippen LogP contribution in [0.3, 0.4) is 0 Å². The number of benzene rings is 1. The summed E-state index contributed by atoms with van der Waals surface area (Å²) in [5.74, 6) is 0.0337. The van der Waals surface area contributed by atoms with Gasteiger partial charge in [-0.15, -0.1) is 0 Å². The van der Waals surface area contributed by atoms with Crippen molar-refractivity contribution in [2.24, 2.45) is 0 Å². The lowest BCUT2D eigenvalue weighted by molar-refractivity contribution is -0.128. The molecule has 0 fully saturated rings. The molecule has 2 amide bonds. The number of amides is 2. The van der Waals surface area contributed by atoms with Crippen LogP contribution >= 0.6 is 0 Å². The zero-order chi connectivity index (χ0) is 21.4. The Morgan fingerprint density at radius 1 is 1.23 bits per heavy atom. The van der Waals surface area contributed by atoms with Gasteiger partial charge in [-0.3, -0.25) is 14.6 Å². The highest BCUT2D eigenvalue weighted by Gasteiger charge is 2.26. The van der Waals surface area contributed by atoms with Crippen LogP contribution in [0.15, 0.2) is 48.2 Å². The Morgan fingerprint density at radius 3 is 2.90 bits per heavy atom. The number of aryl methyl sites for hydroxylation is 1. The monoisotopic (exact) mass is 414 g/mol. The highest BCUT2D eigenvalue weighted by atomic mass is 16.2. The molecule has 158 valence electrons. The summed E-state index contributed by atoms with van der Waals surface area (Å²) in [5, 5.41) is 4.06. The molecular weight excluding hydrogens is 388 g/mol. The molecule has 2 aliphatic rings. The second-order valence-electron chi connectivity index (χ2n) is 8.38. The summed E-state index contributed by atoms with van der Waals surface area (Å²) in [7, 11) is 0. The van der Waals surface area contributed by atoms with Crippen LogP contribution in [-0.2, 0) is 24.3 Å². The summed E-state index contributed by atoms with van der Waals surface area (Å²) in [6.45, 7) is 3.69. The Labute approximate surface area is 181 Å². The van der Waals surface area contributed by atoms with Gasteiger partial charge in [0.15, 0.2) is 0 Å². The molecule has 31 heavy (non-hydrogen) atoms. The fourth-order valence-electron chi connectivity index (χ4n) is 4.66. The van der Waals surface area contributed by atoms with E-state index >= 15 is 0 Å². The van der Waals surface area contributed by atoms with Gasteiger partial charge in [-0.05, 0) is 61.4 Å². The maximum atomic E-state index is 12.8. The predicted molar refractivity (Wildman–Crippen MR) is 119 cm³/mol. The smallest absolute Gasteiger partial charge is 0.267 e. The Morgan fingerprint density at radius 2 is 2.10 bits per heavy atom. The molecule has 0 radical (unpaired) electrons. The average Bonchev–Trinajstić information content (AvgIpc) is 3.47. The molecule has 0 saturated carbocycles. The van der Waals surface area contributed by atoms with Gasteiger partial charge in [0.1, 0.15) is 5.69 Å². The quantitative estimate of drug-likeness (QED) is 0.682. The fraction of sp³-hybridized carbons (Fsp3) is 0.320. The van der Waals surface area contributed by atoms with Gasteiger partial charge in [0.05, 0.1) is 0 Å². The second-order valence-corrected chi connectivity index (χ2v) is 8.38. The first-order valence-electron chi connectivity index (χ1n) is 10.9. The summed E-state index contributed by atoms with van der Waals surface area (Å²) in [5.41, 5.74) is 6.74. The number of hydrogen-bond acceptors (Lipinski definition) is 3. The number of fused-ring (bicyclic) bond motifs is 2. The minimum absolute atomic E-state index is 0.131. The molecule has 2 aromatic heterocycles. The molecule has 0 saturated heterocycles. The molecule has 1 aliphatic heterocycles. The summed E-state index contributed by atoms with van der Waals surface area (Å²) >= 11 is 0. The standard InChI is InChI=1S/C25H26N4O2/c1-16-21(14-27-24(30)23-12-18-8-4-5-9-22(18)28-23)20-10-11-29(15-19(20)13-26-16)25(31)17-6-2-3-7-17/h4-6,8-9,12-13,28H,2-3,7,10-11,14-15H2,1H3,(H,27,30). The molecule has 0 spiro atoms. The van der Waals surface area contributed by atoms with E-state index in [1.54, 1.807) is 0 Å². The van der Waals surface area contributed by atoms with Crippen molar-refractivity contribution >= 4 is 22.7 Å². The van der Waals surface area contributed by atoms with Crippen LogP contribution in [-0.4, -0.2) is 33.2 Å². The zero-order valence-electron chi connectivity index (χ0n) is 17.7. The number of aromatic amines is 1. The van der Waals surface area contributed by atoms with E-state index in [-0.39, 0.29) is 11.8 Å². The van der Waals surface area contributed by atoms with E-state index in [0.29, 0.717) is 25.3 Å². The van der Waals surface area contributed by atoms with Crippen LogP contribution in [0.4, 0.5) is 0 Å². The first kappa shape index (κ1) is 19.5. The van der Waals surface area contributed by atoms with Gasteiger partial charge in [0.2, 0.25) is 5.91 Å². The predicted octanol–water partition coefficient (Wildman–Crippen LogP) is 3.80. The van der Waals surface area contributed by atoms with Gasteiger partial charge in [0.25, 0.3) is 5.91 Å². The minimum Gasteiger partial charge on any atom is -0.351 e. The number of carbonyl (C=O) groups excluding carboxylic acids is 2. The summed E-state index contributed by atoms with van der Waals surface area (Å²) < 4.78 is 0. The average molecular weight is 415 g/mol. The lowest BCUT2D eigenvalue weighted by Gasteiger charge is -2.31. The van der Waals surface area contributed by atoms with E-state index in [0.717, 1.165) is 59.0 Å². The molecule has 0 unspecified atom stereocenters. The molecular formula is C25H26N4O2. The van der Waals surface area contributed by atoms with E-state index in [4.69, 9.17) is 0 Å².